The maximum atomic E-state index is 13.0. The van der Waals surface area contributed by atoms with E-state index in [-0.39, 0.29) is 0 Å². The zero-order chi connectivity index (χ0) is 16.7. The van der Waals surface area contributed by atoms with Gasteiger partial charge >= 0.3 is 0 Å². The number of benzene rings is 1. The van der Waals surface area contributed by atoms with Crippen molar-refractivity contribution < 1.29 is 8.42 Å². The van der Waals surface area contributed by atoms with E-state index in [0.29, 0.717) is 29.8 Å². The first-order chi connectivity index (χ1) is 11.6. The molecule has 1 aromatic carbocycles. The maximum absolute atomic E-state index is 13.0. The quantitative estimate of drug-likeness (QED) is 0.759. The number of fused-ring (bicyclic) bond motifs is 1. The second-order valence-corrected chi connectivity index (χ2v) is 9.31. The lowest BCUT2D eigenvalue weighted by Gasteiger charge is -2.25. The van der Waals surface area contributed by atoms with E-state index in [4.69, 9.17) is 0 Å². The van der Waals surface area contributed by atoms with Crippen molar-refractivity contribution in [1.82, 2.24) is 4.31 Å². The molecule has 0 N–H and O–H groups in total. The lowest BCUT2D eigenvalue weighted by Crippen LogP contribution is -2.29. The van der Waals surface area contributed by atoms with Gasteiger partial charge < -0.3 is 0 Å². The average Bonchev–Trinajstić information content (AvgIpc) is 3.24. The molecule has 1 aliphatic heterocycles. The molecule has 1 saturated carbocycles. The maximum Gasteiger partial charge on any atom is 0.243 e. The summed E-state index contributed by atoms with van der Waals surface area (Å²) in [7, 11) is -3.38. The fourth-order valence-corrected chi connectivity index (χ4v) is 5.96. The first-order valence-electron chi connectivity index (χ1n) is 9.00. The molecule has 0 unspecified atom stereocenters. The van der Waals surface area contributed by atoms with Crippen LogP contribution >= 0.6 is 0 Å². The Bertz CT molecular complexity index is 781. The van der Waals surface area contributed by atoms with Gasteiger partial charge in [0.25, 0.3) is 0 Å². The summed E-state index contributed by atoms with van der Waals surface area (Å²) < 4.78 is 27.7. The lowest BCUT2D eigenvalue weighted by atomic mass is 9.80. The zero-order valence-electron chi connectivity index (χ0n) is 14.2. The van der Waals surface area contributed by atoms with Crippen molar-refractivity contribution in [2.45, 2.75) is 43.9 Å². The SMILES string of the molecule is Cc1ccc(S(=O)(=O)N2C[C@H]3C=CCC(=C4CCCC4)[C@@H]3C2)cc1. The molecule has 2 aliphatic carbocycles. The van der Waals surface area contributed by atoms with Crippen LogP contribution in [0.15, 0.2) is 52.5 Å². The largest absolute Gasteiger partial charge is 0.243 e. The summed E-state index contributed by atoms with van der Waals surface area (Å²) in [5, 5.41) is 0. The van der Waals surface area contributed by atoms with Crippen molar-refractivity contribution in [3.8, 4) is 0 Å². The molecule has 0 spiro atoms. The van der Waals surface area contributed by atoms with E-state index in [0.717, 1.165) is 12.0 Å². The van der Waals surface area contributed by atoms with Crippen LogP contribution in [0.4, 0.5) is 0 Å². The highest BCUT2D eigenvalue weighted by Gasteiger charge is 2.41. The molecule has 3 aliphatic rings. The Morgan fingerprint density at radius 2 is 1.75 bits per heavy atom. The van der Waals surface area contributed by atoms with Crippen LogP contribution in [0.3, 0.4) is 0 Å². The van der Waals surface area contributed by atoms with Gasteiger partial charge in [-0.25, -0.2) is 8.42 Å². The van der Waals surface area contributed by atoms with Crippen LogP contribution in [-0.4, -0.2) is 25.8 Å². The number of aryl methyl sites for hydroxylation is 1. The first-order valence-corrected chi connectivity index (χ1v) is 10.4. The van der Waals surface area contributed by atoms with Crippen LogP contribution in [0.1, 0.15) is 37.7 Å². The molecule has 1 saturated heterocycles. The highest BCUT2D eigenvalue weighted by atomic mass is 32.2. The fourth-order valence-electron chi connectivity index (χ4n) is 4.46. The molecule has 0 radical (unpaired) electrons. The normalized spacial score (nSPS) is 27.7. The summed E-state index contributed by atoms with van der Waals surface area (Å²) in [5.74, 6) is 0.741. The third-order valence-electron chi connectivity index (χ3n) is 5.82. The van der Waals surface area contributed by atoms with Gasteiger partial charge in [0, 0.05) is 19.0 Å². The number of hydrogen-bond acceptors (Lipinski definition) is 2. The van der Waals surface area contributed by atoms with E-state index in [1.165, 1.54) is 25.7 Å². The molecule has 1 heterocycles. The molecule has 128 valence electrons. The van der Waals surface area contributed by atoms with E-state index >= 15 is 0 Å². The van der Waals surface area contributed by atoms with E-state index < -0.39 is 10.0 Å². The molecule has 0 amide bonds. The van der Waals surface area contributed by atoms with Gasteiger partial charge in [-0.2, -0.15) is 4.31 Å². The Morgan fingerprint density at radius 3 is 2.46 bits per heavy atom. The van der Waals surface area contributed by atoms with E-state index in [2.05, 4.69) is 12.2 Å². The molecular weight excluding hydrogens is 318 g/mol. The van der Waals surface area contributed by atoms with Gasteiger partial charge in [0.15, 0.2) is 0 Å². The van der Waals surface area contributed by atoms with Crippen molar-refractivity contribution in [2.24, 2.45) is 11.8 Å². The molecule has 4 heteroatoms. The van der Waals surface area contributed by atoms with E-state index in [9.17, 15) is 8.42 Å². The predicted octanol–water partition coefficient (Wildman–Crippen LogP) is 4.06. The number of nitrogens with zero attached hydrogens (tertiary/aromatic N) is 1. The van der Waals surface area contributed by atoms with Crippen LogP contribution < -0.4 is 0 Å². The van der Waals surface area contributed by atoms with Crippen LogP contribution in [-0.2, 0) is 10.0 Å². The third kappa shape index (κ3) is 2.76. The molecule has 2 atom stereocenters. The fraction of sp³-hybridized carbons (Fsp3) is 0.500. The predicted molar refractivity (Wildman–Crippen MR) is 96.2 cm³/mol. The van der Waals surface area contributed by atoms with Crippen molar-refractivity contribution in [1.29, 1.82) is 0 Å². The van der Waals surface area contributed by atoms with Crippen LogP contribution in [0.25, 0.3) is 0 Å². The van der Waals surface area contributed by atoms with Gasteiger partial charge in [-0.1, -0.05) is 41.0 Å². The van der Waals surface area contributed by atoms with Crippen molar-refractivity contribution >= 4 is 10.0 Å². The lowest BCUT2D eigenvalue weighted by molar-refractivity contribution is 0.466. The van der Waals surface area contributed by atoms with Gasteiger partial charge in [-0.15, -0.1) is 0 Å². The van der Waals surface area contributed by atoms with Gasteiger partial charge in [-0.3, -0.25) is 0 Å². The summed E-state index contributed by atoms with van der Waals surface area (Å²) in [6, 6.07) is 7.22. The molecule has 2 fully saturated rings. The third-order valence-corrected chi connectivity index (χ3v) is 7.67. The van der Waals surface area contributed by atoms with E-state index in [1.807, 2.05) is 19.1 Å². The standard InChI is InChI=1S/C20H25NO2S/c1-15-9-11-18(12-10-15)24(22,23)21-13-17-7-4-8-19(20(17)14-21)16-5-2-3-6-16/h4,7,9-12,17,20H,2-3,5-6,8,13-14H2,1H3/t17-,20-/m1/s1. The molecule has 1 aromatic rings. The van der Waals surface area contributed by atoms with Crippen molar-refractivity contribution in [3.05, 3.63) is 53.1 Å². The minimum absolute atomic E-state index is 0.349. The Labute approximate surface area is 145 Å². The highest BCUT2D eigenvalue weighted by molar-refractivity contribution is 7.89. The monoisotopic (exact) mass is 343 g/mol. The Balaban J connectivity index is 1.62. The van der Waals surface area contributed by atoms with Gasteiger partial charge in [-0.05, 0) is 57.1 Å². The number of sulfonamides is 1. The first kappa shape index (κ1) is 16.1. The van der Waals surface area contributed by atoms with E-state index in [1.54, 1.807) is 27.6 Å². The summed E-state index contributed by atoms with van der Waals surface area (Å²) in [4.78, 5) is 0.422. The summed E-state index contributed by atoms with van der Waals surface area (Å²) in [6.45, 7) is 3.24. The highest BCUT2D eigenvalue weighted by Crippen LogP contribution is 2.42. The topological polar surface area (TPSA) is 37.4 Å². The van der Waals surface area contributed by atoms with Crippen LogP contribution in [0.5, 0.6) is 0 Å². The molecule has 3 nitrogen and oxygen atoms in total. The molecule has 0 bridgehead atoms. The number of allylic oxidation sites excluding steroid dienone is 2. The summed E-state index contributed by atoms with van der Waals surface area (Å²) in [5.41, 5.74) is 4.24. The van der Waals surface area contributed by atoms with Gasteiger partial charge in [0.05, 0.1) is 4.90 Å². The summed E-state index contributed by atoms with van der Waals surface area (Å²) in [6.07, 6.45) is 10.6. The summed E-state index contributed by atoms with van der Waals surface area (Å²) >= 11 is 0. The molecule has 0 aromatic heterocycles. The minimum atomic E-state index is -3.38. The zero-order valence-corrected chi connectivity index (χ0v) is 15.1. The van der Waals surface area contributed by atoms with Crippen LogP contribution in [0.2, 0.25) is 0 Å². The van der Waals surface area contributed by atoms with Gasteiger partial charge in [0.2, 0.25) is 10.0 Å². The average molecular weight is 343 g/mol. The second-order valence-electron chi connectivity index (χ2n) is 7.37. The molecule has 24 heavy (non-hydrogen) atoms. The number of hydrogen-bond donors (Lipinski definition) is 0. The molecule has 4 rings (SSSR count). The second kappa shape index (κ2) is 6.16. The van der Waals surface area contributed by atoms with Gasteiger partial charge in [0.1, 0.15) is 0 Å². The minimum Gasteiger partial charge on any atom is -0.207 e. The van der Waals surface area contributed by atoms with Crippen molar-refractivity contribution in [3.63, 3.8) is 0 Å². The Kier molecular flexibility index (Phi) is 4.13. The Morgan fingerprint density at radius 1 is 1.04 bits per heavy atom. The smallest absolute Gasteiger partial charge is 0.207 e. The van der Waals surface area contributed by atoms with Crippen molar-refractivity contribution in [2.75, 3.05) is 13.1 Å². The Hall–Kier alpha value is -1.39. The van der Waals surface area contributed by atoms with Crippen LogP contribution in [0, 0.1) is 18.8 Å². The molecular formula is C20H25NO2S. The number of rotatable bonds is 2.